The fourth-order valence-electron chi connectivity index (χ4n) is 3.33. The molecule has 0 saturated carbocycles. The van der Waals surface area contributed by atoms with Crippen LogP contribution in [0.1, 0.15) is 45.4 Å². The summed E-state index contributed by atoms with van der Waals surface area (Å²) in [7, 11) is 2.13. The highest BCUT2D eigenvalue weighted by Crippen LogP contribution is 2.18. The summed E-state index contributed by atoms with van der Waals surface area (Å²) in [6.45, 7) is 9.10. The van der Waals surface area contributed by atoms with Crippen molar-refractivity contribution in [3.63, 3.8) is 0 Å². The molecule has 0 aromatic carbocycles. The van der Waals surface area contributed by atoms with Crippen LogP contribution in [-0.4, -0.2) is 76.7 Å². The first-order valence-electron chi connectivity index (χ1n) is 10.1. The van der Waals surface area contributed by atoms with E-state index >= 15 is 0 Å². The summed E-state index contributed by atoms with van der Waals surface area (Å²) in [4.78, 5) is 7.00. The first-order chi connectivity index (χ1) is 12.3. The van der Waals surface area contributed by atoms with Crippen LogP contribution in [0.2, 0.25) is 0 Å². The zero-order valence-corrected chi connectivity index (χ0v) is 16.2. The molecule has 0 spiro atoms. The molecule has 6 nitrogen and oxygen atoms in total. The lowest BCUT2D eigenvalue weighted by molar-refractivity contribution is 0.0170. The summed E-state index contributed by atoms with van der Waals surface area (Å²) in [6.07, 6.45) is 7.19. The average molecular weight is 356 g/mol. The van der Waals surface area contributed by atoms with Crippen molar-refractivity contribution in [1.82, 2.24) is 10.2 Å². The third-order valence-corrected chi connectivity index (χ3v) is 4.95. The van der Waals surface area contributed by atoms with E-state index < -0.39 is 0 Å². The van der Waals surface area contributed by atoms with Crippen LogP contribution in [0.4, 0.5) is 0 Å². The standard InChI is InChI=1S/C19H37N3O3/c1-3-20-19(22(2)11-7-17-8-14-23-15-9-17)21-10-5-12-24-16-18-6-4-13-25-18/h17-18H,3-16H2,1-2H3,(H,20,21). The van der Waals surface area contributed by atoms with Gasteiger partial charge in [-0.05, 0) is 51.4 Å². The van der Waals surface area contributed by atoms with Crippen LogP contribution in [0.5, 0.6) is 0 Å². The van der Waals surface area contributed by atoms with Crippen LogP contribution in [0.15, 0.2) is 4.99 Å². The number of hydrogen-bond donors (Lipinski definition) is 1. The van der Waals surface area contributed by atoms with Crippen LogP contribution in [0.25, 0.3) is 0 Å². The van der Waals surface area contributed by atoms with Crippen molar-refractivity contribution in [3.05, 3.63) is 0 Å². The van der Waals surface area contributed by atoms with Gasteiger partial charge in [-0.15, -0.1) is 0 Å². The molecule has 0 bridgehead atoms. The van der Waals surface area contributed by atoms with E-state index in [1.54, 1.807) is 0 Å². The lowest BCUT2D eigenvalue weighted by Gasteiger charge is -2.26. The molecule has 146 valence electrons. The Kier molecular flexibility index (Phi) is 10.2. The summed E-state index contributed by atoms with van der Waals surface area (Å²) >= 11 is 0. The predicted octanol–water partition coefficient (Wildman–Crippen LogP) is 2.29. The van der Waals surface area contributed by atoms with Gasteiger partial charge >= 0.3 is 0 Å². The number of aliphatic imine (C=N–C) groups is 1. The van der Waals surface area contributed by atoms with Crippen molar-refractivity contribution in [2.24, 2.45) is 10.9 Å². The molecule has 2 saturated heterocycles. The molecule has 0 radical (unpaired) electrons. The maximum absolute atomic E-state index is 5.71. The molecule has 1 N–H and O–H groups in total. The van der Waals surface area contributed by atoms with Gasteiger partial charge in [0.2, 0.25) is 0 Å². The first-order valence-corrected chi connectivity index (χ1v) is 10.1. The van der Waals surface area contributed by atoms with Crippen LogP contribution in [0.3, 0.4) is 0 Å². The van der Waals surface area contributed by atoms with Crippen LogP contribution in [0, 0.1) is 5.92 Å². The zero-order valence-electron chi connectivity index (χ0n) is 16.2. The van der Waals surface area contributed by atoms with Crippen LogP contribution in [-0.2, 0) is 14.2 Å². The van der Waals surface area contributed by atoms with Gasteiger partial charge < -0.3 is 24.4 Å². The molecule has 0 aromatic heterocycles. The van der Waals surface area contributed by atoms with Gasteiger partial charge in [-0.1, -0.05) is 0 Å². The normalized spacial score (nSPS) is 22.3. The maximum Gasteiger partial charge on any atom is 0.193 e. The maximum atomic E-state index is 5.71. The van der Waals surface area contributed by atoms with Crippen LogP contribution < -0.4 is 5.32 Å². The Labute approximate surface area is 153 Å². The Morgan fingerprint density at radius 3 is 2.80 bits per heavy atom. The van der Waals surface area contributed by atoms with E-state index in [9.17, 15) is 0 Å². The van der Waals surface area contributed by atoms with Crippen LogP contribution >= 0.6 is 0 Å². The van der Waals surface area contributed by atoms with Crippen molar-refractivity contribution in [2.45, 2.75) is 51.6 Å². The molecule has 2 aliphatic heterocycles. The van der Waals surface area contributed by atoms with Crippen molar-refractivity contribution in [3.8, 4) is 0 Å². The van der Waals surface area contributed by atoms with Crippen molar-refractivity contribution >= 4 is 5.96 Å². The number of rotatable bonds is 10. The molecule has 2 heterocycles. The molecular weight excluding hydrogens is 318 g/mol. The van der Waals surface area contributed by atoms with E-state index in [0.717, 1.165) is 77.4 Å². The van der Waals surface area contributed by atoms with Gasteiger partial charge in [0.05, 0.1) is 12.7 Å². The summed E-state index contributed by atoms with van der Waals surface area (Å²) in [5.41, 5.74) is 0. The highest BCUT2D eigenvalue weighted by Gasteiger charge is 2.16. The minimum atomic E-state index is 0.317. The predicted molar refractivity (Wildman–Crippen MR) is 101 cm³/mol. The molecule has 0 amide bonds. The van der Waals surface area contributed by atoms with Gasteiger partial charge in [0.1, 0.15) is 0 Å². The summed E-state index contributed by atoms with van der Waals surface area (Å²) < 4.78 is 16.7. The van der Waals surface area contributed by atoms with E-state index in [2.05, 4.69) is 24.2 Å². The van der Waals surface area contributed by atoms with Crippen molar-refractivity contribution in [1.29, 1.82) is 0 Å². The van der Waals surface area contributed by atoms with Gasteiger partial charge in [-0.3, -0.25) is 4.99 Å². The van der Waals surface area contributed by atoms with Gasteiger partial charge in [0, 0.05) is 53.1 Å². The fourth-order valence-corrected chi connectivity index (χ4v) is 3.33. The van der Waals surface area contributed by atoms with Crippen molar-refractivity contribution < 1.29 is 14.2 Å². The summed E-state index contributed by atoms with van der Waals surface area (Å²) in [5.74, 6) is 1.80. The molecule has 2 aliphatic rings. The molecule has 2 fully saturated rings. The third-order valence-electron chi connectivity index (χ3n) is 4.95. The molecule has 1 atom stereocenters. The second kappa shape index (κ2) is 12.5. The number of nitrogens with zero attached hydrogens (tertiary/aromatic N) is 2. The average Bonchev–Trinajstić information content (AvgIpc) is 3.16. The Balaban J connectivity index is 1.60. The molecule has 25 heavy (non-hydrogen) atoms. The summed E-state index contributed by atoms with van der Waals surface area (Å²) in [6, 6.07) is 0. The lowest BCUT2D eigenvalue weighted by atomic mass is 9.96. The molecule has 0 aliphatic carbocycles. The monoisotopic (exact) mass is 355 g/mol. The zero-order chi connectivity index (χ0) is 17.7. The first kappa shape index (κ1) is 20.5. The fraction of sp³-hybridized carbons (Fsp3) is 0.947. The molecule has 1 unspecified atom stereocenters. The van der Waals surface area contributed by atoms with Crippen molar-refractivity contribution in [2.75, 3.05) is 59.7 Å². The molecule has 0 aromatic rings. The minimum absolute atomic E-state index is 0.317. The van der Waals surface area contributed by atoms with E-state index in [4.69, 9.17) is 19.2 Å². The van der Waals surface area contributed by atoms with Gasteiger partial charge in [0.25, 0.3) is 0 Å². The Hall–Kier alpha value is -0.850. The Morgan fingerprint density at radius 2 is 2.08 bits per heavy atom. The lowest BCUT2D eigenvalue weighted by Crippen LogP contribution is -2.40. The SMILES string of the molecule is CCNC(=NCCCOCC1CCCO1)N(C)CCC1CCOCC1. The second-order valence-corrected chi connectivity index (χ2v) is 7.07. The second-order valence-electron chi connectivity index (χ2n) is 7.07. The quantitative estimate of drug-likeness (QED) is 0.370. The number of guanidine groups is 1. The van der Waals surface area contributed by atoms with Gasteiger partial charge in [-0.25, -0.2) is 0 Å². The smallest absolute Gasteiger partial charge is 0.193 e. The topological polar surface area (TPSA) is 55.3 Å². The van der Waals surface area contributed by atoms with Gasteiger partial charge in [-0.2, -0.15) is 0 Å². The highest BCUT2D eigenvalue weighted by molar-refractivity contribution is 5.79. The summed E-state index contributed by atoms with van der Waals surface area (Å²) in [5, 5.41) is 3.40. The minimum Gasteiger partial charge on any atom is -0.381 e. The Morgan fingerprint density at radius 1 is 1.24 bits per heavy atom. The van der Waals surface area contributed by atoms with E-state index in [0.29, 0.717) is 6.10 Å². The van der Waals surface area contributed by atoms with Gasteiger partial charge in [0.15, 0.2) is 5.96 Å². The third kappa shape index (κ3) is 8.38. The van der Waals surface area contributed by atoms with E-state index in [-0.39, 0.29) is 0 Å². The number of nitrogens with one attached hydrogen (secondary N) is 1. The molecule has 6 heteroatoms. The highest BCUT2D eigenvalue weighted by atomic mass is 16.5. The molecular formula is C19H37N3O3. The largest absolute Gasteiger partial charge is 0.381 e. The van der Waals surface area contributed by atoms with E-state index in [1.165, 1.54) is 25.7 Å². The number of hydrogen-bond acceptors (Lipinski definition) is 4. The Bertz CT molecular complexity index is 367. The number of ether oxygens (including phenoxy) is 3. The molecule has 2 rings (SSSR count). The van der Waals surface area contributed by atoms with E-state index in [1.807, 2.05) is 0 Å².